The Bertz CT molecular complexity index is 566. The van der Waals surface area contributed by atoms with Crippen LogP contribution >= 0.6 is 0 Å². The maximum atomic E-state index is 12.2. The number of amides is 1. The zero-order valence-corrected chi connectivity index (χ0v) is 12.2. The number of nitrogens with two attached hydrogens (primary N) is 1. The summed E-state index contributed by atoms with van der Waals surface area (Å²) in [6, 6.07) is 18.0. The first-order chi connectivity index (χ1) is 10.3. The zero-order valence-electron chi connectivity index (χ0n) is 12.2. The van der Waals surface area contributed by atoms with E-state index in [9.17, 15) is 4.79 Å². The molecule has 0 unspecified atom stereocenters. The van der Waals surface area contributed by atoms with Gasteiger partial charge in [-0.05, 0) is 43.0 Å². The molecule has 0 heterocycles. The Morgan fingerprint density at radius 1 is 0.952 bits per heavy atom. The van der Waals surface area contributed by atoms with E-state index in [2.05, 4.69) is 17.4 Å². The molecule has 0 aliphatic heterocycles. The molecule has 0 aliphatic rings. The lowest BCUT2D eigenvalue weighted by Gasteiger charge is -2.09. The van der Waals surface area contributed by atoms with Crippen LogP contribution in [0.3, 0.4) is 0 Å². The number of carbonyl (C=O) groups is 1. The molecule has 0 aliphatic carbocycles. The molecule has 0 spiro atoms. The summed E-state index contributed by atoms with van der Waals surface area (Å²) in [5.74, 6) is -0.00730. The van der Waals surface area contributed by atoms with E-state index < -0.39 is 0 Å². The summed E-state index contributed by atoms with van der Waals surface area (Å²) in [6.45, 7) is 1.24. The molecule has 0 saturated heterocycles. The third kappa shape index (κ3) is 4.72. The molecule has 2 aromatic rings. The largest absolute Gasteiger partial charge is 0.352 e. The lowest BCUT2D eigenvalue weighted by molar-refractivity contribution is 0.0952. The van der Waals surface area contributed by atoms with Crippen LogP contribution in [0.5, 0.6) is 0 Å². The van der Waals surface area contributed by atoms with Gasteiger partial charge in [0, 0.05) is 12.1 Å². The lowest BCUT2D eigenvalue weighted by atomic mass is 10.0. The van der Waals surface area contributed by atoms with Crippen LogP contribution in [0.2, 0.25) is 0 Å². The van der Waals surface area contributed by atoms with Crippen LogP contribution in [-0.4, -0.2) is 19.0 Å². The highest BCUT2D eigenvalue weighted by molar-refractivity contribution is 5.95. The standard InChI is InChI=1S/C18H22N2O/c19-13-12-16-10-4-5-11-17(16)18(21)20-14-6-9-15-7-2-1-3-8-15/h1-5,7-8,10-11H,6,9,12-14,19H2,(H,20,21). The van der Waals surface area contributed by atoms with Gasteiger partial charge in [0.25, 0.3) is 5.91 Å². The third-order valence-corrected chi connectivity index (χ3v) is 3.45. The fraction of sp³-hybridized carbons (Fsp3) is 0.278. The maximum Gasteiger partial charge on any atom is 0.251 e. The van der Waals surface area contributed by atoms with E-state index in [1.807, 2.05) is 42.5 Å². The highest BCUT2D eigenvalue weighted by Crippen LogP contribution is 2.09. The van der Waals surface area contributed by atoms with Gasteiger partial charge in [-0.2, -0.15) is 0 Å². The van der Waals surface area contributed by atoms with E-state index in [0.29, 0.717) is 13.1 Å². The summed E-state index contributed by atoms with van der Waals surface area (Å²) in [4.78, 5) is 12.2. The Balaban J connectivity index is 1.82. The van der Waals surface area contributed by atoms with Crippen molar-refractivity contribution in [2.24, 2.45) is 5.73 Å². The van der Waals surface area contributed by atoms with Gasteiger partial charge in [-0.15, -0.1) is 0 Å². The van der Waals surface area contributed by atoms with Gasteiger partial charge in [-0.25, -0.2) is 0 Å². The van der Waals surface area contributed by atoms with Crippen molar-refractivity contribution in [2.45, 2.75) is 19.3 Å². The number of benzene rings is 2. The van der Waals surface area contributed by atoms with Gasteiger partial charge >= 0.3 is 0 Å². The van der Waals surface area contributed by atoms with Gasteiger partial charge in [0.15, 0.2) is 0 Å². The molecular weight excluding hydrogens is 260 g/mol. The summed E-state index contributed by atoms with van der Waals surface area (Å²) in [7, 11) is 0. The number of nitrogens with one attached hydrogen (secondary N) is 1. The van der Waals surface area contributed by atoms with E-state index in [-0.39, 0.29) is 5.91 Å². The molecular formula is C18H22N2O. The molecule has 2 aromatic carbocycles. The molecule has 0 bridgehead atoms. The van der Waals surface area contributed by atoms with Crippen molar-refractivity contribution in [3.8, 4) is 0 Å². The second-order valence-corrected chi connectivity index (χ2v) is 5.04. The summed E-state index contributed by atoms with van der Waals surface area (Å²) in [5, 5.41) is 2.99. The molecule has 21 heavy (non-hydrogen) atoms. The van der Waals surface area contributed by atoms with Gasteiger partial charge in [0.1, 0.15) is 0 Å². The van der Waals surface area contributed by atoms with Gasteiger partial charge in [0.2, 0.25) is 0 Å². The predicted molar refractivity (Wildman–Crippen MR) is 86.3 cm³/mol. The van der Waals surface area contributed by atoms with Crippen molar-refractivity contribution in [3.63, 3.8) is 0 Å². The van der Waals surface area contributed by atoms with E-state index in [1.54, 1.807) is 0 Å². The Hall–Kier alpha value is -2.13. The zero-order chi connectivity index (χ0) is 14.9. The fourth-order valence-corrected chi connectivity index (χ4v) is 2.35. The summed E-state index contributed by atoms with van der Waals surface area (Å²) in [5.41, 5.74) is 8.64. The fourth-order valence-electron chi connectivity index (χ4n) is 2.35. The molecule has 1 amide bonds. The number of carbonyl (C=O) groups excluding carboxylic acids is 1. The predicted octanol–water partition coefficient (Wildman–Crippen LogP) is 2.55. The number of hydrogen-bond acceptors (Lipinski definition) is 2. The Morgan fingerprint density at radius 2 is 1.67 bits per heavy atom. The molecule has 110 valence electrons. The number of hydrogen-bond donors (Lipinski definition) is 2. The second kappa shape index (κ2) is 8.22. The average molecular weight is 282 g/mol. The van der Waals surface area contributed by atoms with Gasteiger partial charge in [-0.1, -0.05) is 48.5 Å². The SMILES string of the molecule is NCCc1ccccc1C(=O)NCCCc1ccccc1. The summed E-state index contributed by atoms with van der Waals surface area (Å²) >= 11 is 0. The van der Waals surface area contributed by atoms with Crippen LogP contribution in [0, 0.1) is 0 Å². The monoisotopic (exact) mass is 282 g/mol. The first-order valence-electron chi connectivity index (χ1n) is 7.41. The highest BCUT2D eigenvalue weighted by atomic mass is 16.1. The molecule has 3 N–H and O–H groups in total. The van der Waals surface area contributed by atoms with Crippen molar-refractivity contribution in [1.82, 2.24) is 5.32 Å². The molecule has 3 nitrogen and oxygen atoms in total. The summed E-state index contributed by atoms with van der Waals surface area (Å²) < 4.78 is 0. The van der Waals surface area contributed by atoms with Crippen LogP contribution in [-0.2, 0) is 12.8 Å². The van der Waals surface area contributed by atoms with E-state index in [4.69, 9.17) is 5.73 Å². The highest BCUT2D eigenvalue weighted by Gasteiger charge is 2.09. The minimum absolute atomic E-state index is 0.00730. The van der Waals surface area contributed by atoms with Crippen LogP contribution in [0.1, 0.15) is 27.9 Å². The van der Waals surface area contributed by atoms with Crippen LogP contribution in [0.25, 0.3) is 0 Å². The Kier molecular flexibility index (Phi) is 5.98. The van der Waals surface area contributed by atoms with E-state index in [1.165, 1.54) is 5.56 Å². The minimum Gasteiger partial charge on any atom is -0.352 e. The topological polar surface area (TPSA) is 55.1 Å². The second-order valence-electron chi connectivity index (χ2n) is 5.04. The van der Waals surface area contributed by atoms with E-state index >= 15 is 0 Å². The smallest absolute Gasteiger partial charge is 0.251 e. The van der Waals surface area contributed by atoms with Crippen molar-refractivity contribution >= 4 is 5.91 Å². The summed E-state index contributed by atoms with van der Waals surface area (Å²) in [6.07, 6.45) is 2.65. The van der Waals surface area contributed by atoms with Gasteiger partial charge in [0.05, 0.1) is 0 Å². The quantitative estimate of drug-likeness (QED) is 0.767. The third-order valence-electron chi connectivity index (χ3n) is 3.45. The van der Waals surface area contributed by atoms with Crippen LogP contribution in [0.4, 0.5) is 0 Å². The average Bonchev–Trinajstić information content (AvgIpc) is 2.53. The first-order valence-corrected chi connectivity index (χ1v) is 7.41. The van der Waals surface area contributed by atoms with Gasteiger partial charge in [-0.3, -0.25) is 4.79 Å². The Labute approximate surface area is 126 Å². The molecule has 0 saturated carbocycles. The maximum absolute atomic E-state index is 12.2. The Morgan fingerprint density at radius 3 is 2.43 bits per heavy atom. The molecule has 0 atom stereocenters. The molecule has 0 radical (unpaired) electrons. The number of aryl methyl sites for hydroxylation is 1. The molecule has 3 heteroatoms. The lowest BCUT2D eigenvalue weighted by Crippen LogP contribution is -2.26. The molecule has 0 aromatic heterocycles. The minimum atomic E-state index is -0.00730. The van der Waals surface area contributed by atoms with E-state index in [0.717, 1.165) is 30.4 Å². The van der Waals surface area contributed by atoms with Crippen molar-refractivity contribution in [3.05, 3.63) is 71.3 Å². The number of rotatable bonds is 7. The van der Waals surface area contributed by atoms with Gasteiger partial charge < -0.3 is 11.1 Å². The van der Waals surface area contributed by atoms with Crippen molar-refractivity contribution < 1.29 is 4.79 Å². The van der Waals surface area contributed by atoms with Crippen LogP contribution < -0.4 is 11.1 Å². The molecule has 0 fully saturated rings. The van der Waals surface area contributed by atoms with Crippen LogP contribution in [0.15, 0.2) is 54.6 Å². The van der Waals surface area contributed by atoms with Crippen molar-refractivity contribution in [1.29, 1.82) is 0 Å². The normalized spacial score (nSPS) is 10.3. The first kappa shape index (κ1) is 15.3. The van der Waals surface area contributed by atoms with Crippen molar-refractivity contribution in [2.75, 3.05) is 13.1 Å². The molecule has 2 rings (SSSR count).